The normalized spacial score (nSPS) is 41.2. The Morgan fingerprint density at radius 2 is 0.600 bits per heavy atom. The quantitative estimate of drug-likeness (QED) is 0.244. The summed E-state index contributed by atoms with van der Waals surface area (Å²) in [4.78, 5) is 0. The van der Waals surface area contributed by atoms with Crippen LogP contribution in [0.15, 0.2) is 12.2 Å². The molecule has 0 radical (unpaired) electrons. The number of rotatable bonds is 0. The Labute approximate surface area is 283 Å². The molecule has 1 aliphatic heterocycles. The highest BCUT2D eigenvalue weighted by Crippen LogP contribution is 2.46. The molecule has 1 heteroatoms. The lowest BCUT2D eigenvalue weighted by Gasteiger charge is -2.29. The molecule has 0 amide bonds. The Morgan fingerprint density at radius 3 is 1.00 bits per heavy atom. The predicted molar refractivity (Wildman–Crippen MR) is 198 cm³/mol. The molecule has 9 aliphatic carbocycles. The Kier molecular flexibility index (Phi) is 16.9. The van der Waals surface area contributed by atoms with Crippen molar-refractivity contribution in [2.45, 2.75) is 207 Å². The van der Waals surface area contributed by atoms with E-state index in [2.05, 4.69) is 12.2 Å². The fourth-order valence-electron chi connectivity index (χ4n) is 11.8. The van der Waals surface area contributed by atoms with Crippen LogP contribution in [0.5, 0.6) is 0 Å². The molecule has 0 N–H and O–H groups in total. The van der Waals surface area contributed by atoms with Crippen LogP contribution in [0.25, 0.3) is 0 Å². The van der Waals surface area contributed by atoms with Crippen LogP contribution >= 0.6 is 0 Å². The van der Waals surface area contributed by atoms with Gasteiger partial charge in [0.15, 0.2) is 0 Å². The van der Waals surface area contributed by atoms with Crippen molar-refractivity contribution >= 4 is 0 Å². The van der Waals surface area contributed by atoms with E-state index in [0.717, 1.165) is 24.4 Å². The smallest absolute Gasteiger partial charge is 0.0603 e. The lowest BCUT2D eigenvalue weighted by molar-refractivity contribution is -0.00924. The van der Waals surface area contributed by atoms with Gasteiger partial charge in [-0.05, 0) is 117 Å². The van der Waals surface area contributed by atoms with Gasteiger partial charge in [-0.2, -0.15) is 0 Å². The fourth-order valence-corrected chi connectivity index (χ4v) is 11.8. The van der Waals surface area contributed by atoms with Crippen molar-refractivity contribution in [1.82, 2.24) is 0 Å². The first-order valence-electron chi connectivity index (χ1n) is 20.6. The van der Waals surface area contributed by atoms with E-state index in [4.69, 9.17) is 4.74 Å². The summed E-state index contributed by atoms with van der Waals surface area (Å²) in [5, 5.41) is 0. The third kappa shape index (κ3) is 11.1. The van der Waals surface area contributed by atoms with Crippen molar-refractivity contribution in [2.24, 2.45) is 53.3 Å². The molecule has 10 aliphatic rings. The molecule has 1 saturated heterocycles. The zero-order valence-corrected chi connectivity index (χ0v) is 28.5. The van der Waals surface area contributed by atoms with Crippen LogP contribution in [0.4, 0.5) is 0 Å². The van der Waals surface area contributed by atoms with Crippen molar-refractivity contribution < 1.29 is 4.74 Å². The van der Waals surface area contributed by atoms with Crippen molar-refractivity contribution in [3.63, 3.8) is 0 Å². The average Bonchev–Trinajstić information content (AvgIpc) is 3.89. The molecule has 0 bridgehead atoms. The average molecular weight is 625 g/mol. The number of fused-ring (bicyclic) bond motifs is 5. The van der Waals surface area contributed by atoms with Gasteiger partial charge in [0.2, 0.25) is 0 Å². The van der Waals surface area contributed by atoms with E-state index in [1.165, 1.54) is 145 Å². The number of ether oxygens (including phenoxy) is 1. The molecule has 1 nitrogen and oxygen atoms in total. The van der Waals surface area contributed by atoms with Crippen LogP contribution in [0.2, 0.25) is 0 Å². The second kappa shape index (κ2) is 20.3. The SMILES string of the molecule is C.C.C1=CCC2CCCC2C1.C1CC2CCC2C1.C1CCC2CCCC2C1.C1CCC2CCCC2C1.C1COC2CCCC2C1. The lowest BCUT2D eigenvalue weighted by atomic mass is 9.77. The van der Waals surface area contributed by atoms with E-state index in [0.29, 0.717) is 6.10 Å². The lowest BCUT2D eigenvalue weighted by Crippen LogP contribution is -2.23. The van der Waals surface area contributed by atoms with Crippen LogP contribution in [0.3, 0.4) is 0 Å². The van der Waals surface area contributed by atoms with E-state index >= 15 is 0 Å². The van der Waals surface area contributed by atoms with Gasteiger partial charge in [0, 0.05) is 6.61 Å². The molecule has 1 heterocycles. The van der Waals surface area contributed by atoms with E-state index in [-0.39, 0.29) is 14.9 Å². The van der Waals surface area contributed by atoms with Gasteiger partial charge >= 0.3 is 0 Å². The molecule has 9 fully saturated rings. The molecular weight excluding hydrogens is 544 g/mol. The molecule has 0 spiro atoms. The number of hydrogen-bond acceptors (Lipinski definition) is 1. The fraction of sp³-hybridized carbons (Fsp3) is 0.955. The van der Waals surface area contributed by atoms with E-state index in [1.807, 2.05) is 0 Å². The van der Waals surface area contributed by atoms with Crippen LogP contribution in [0, 0.1) is 53.3 Å². The summed E-state index contributed by atoms with van der Waals surface area (Å²) in [7, 11) is 0. The van der Waals surface area contributed by atoms with Gasteiger partial charge in [-0.3, -0.25) is 0 Å². The summed E-state index contributed by atoms with van der Waals surface area (Å²) in [5.74, 6) is 10.2. The molecule has 0 aromatic rings. The minimum atomic E-state index is 0. The summed E-state index contributed by atoms with van der Waals surface area (Å²) in [6.45, 7) is 1.03. The summed E-state index contributed by atoms with van der Waals surface area (Å²) in [6.07, 6.45) is 49.1. The van der Waals surface area contributed by atoms with Crippen LogP contribution < -0.4 is 0 Å². The topological polar surface area (TPSA) is 9.23 Å². The van der Waals surface area contributed by atoms with Gasteiger partial charge in [-0.25, -0.2) is 0 Å². The zero-order chi connectivity index (χ0) is 29.1. The molecule has 0 aromatic heterocycles. The highest BCUT2D eigenvalue weighted by molar-refractivity contribution is 4.96. The molecule has 45 heavy (non-hydrogen) atoms. The third-order valence-corrected chi connectivity index (χ3v) is 14.7. The molecular formula is C44H80O. The molecule has 262 valence electrons. The first kappa shape index (κ1) is 37.5. The van der Waals surface area contributed by atoms with Crippen LogP contribution in [0.1, 0.15) is 201 Å². The molecule has 10 atom stereocenters. The van der Waals surface area contributed by atoms with Crippen LogP contribution in [-0.2, 0) is 4.74 Å². The summed E-state index contributed by atoms with van der Waals surface area (Å²) in [5.41, 5.74) is 0. The molecule has 0 aromatic carbocycles. The second-order valence-electron chi connectivity index (χ2n) is 17.1. The summed E-state index contributed by atoms with van der Waals surface area (Å²) in [6, 6.07) is 0. The third-order valence-electron chi connectivity index (χ3n) is 14.7. The maximum Gasteiger partial charge on any atom is 0.0603 e. The van der Waals surface area contributed by atoms with Gasteiger partial charge in [0.05, 0.1) is 6.10 Å². The minimum Gasteiger partial charge on any atom is -0.378 e. The van der Waals surface area contributed by atoms with Crippen molar-refractivity contribution in [1.29, 1.82) is 0 Å². The first-order valence-corrected chi connectivity index (χ1v) is 20.6. The molecule has 10 unspecified atom stereocenters. The maximum absolute atomic E-state index is 5.60. The maximum atomic E-state index is 5.60. The van der Waals surface area contributed by atoms with Crippen LogP contribution in [-0.4, -0.2) is 12.7 Å². The van der Waals surface area contributed by atoms with E-state index in [9.17, 15) is 0 Å². The predicted octanol–water partition coefficient (Wildman–Crippen LogP) is 14.1. The molecule has 10 rings (SSSR count). The number of hydrogen-bond donors (Lipinski definition) is 0. The van der Waals surface area contributed by atoms with Gasteiger partial charge in [-0.15, -0.1) is 0 Å². The summed E-state index contributed by atoms with van der Waals surface area (Å²) < 4.78 is 5.60. The highest BCUT2D eigenvalue weighted by atomic mass is 16.5. The Bertz CT molecular complexity index is 679. The molecule has 8 saturated carbocycles. The highest BCUT2D eigenvalue weighted by Gasteiger charge is 2.34. The zero-order valence-electron chi connectivity index (χ0n) is 28.5. The Hall–Kier alpha value is -0.300. The summed E-state index contributed by atoms with van der Waals surface area (Å²) >= 11 is 0. The Morgan fingerprint density at radius 1 is 0.289 bits per heavy atom. The van der Waals surface area contributed by atoms with Gasteiger partial charge < -0.3 is 4.74 Å². The van der Waals surface area contributed by atoms with Gasteiger partial charge in [0.25, 0.3) is 0 Å². The van der Waals surface area contributed by atoms with Gasteiger partial charge in [0.1, 0.15) is 0 Å². The van der Waals surface area contributed by atoms with E-state index < -0.39 is 0 Å². The van der Waals surface area contributed by atoms with E-state index in [1.54, 1.807) is 77.0 Å². The first-order chi connectivity index (χ1) is 21.3. The second-order valence-corrected chi connectivity index (χ2v) is 17.1. The number of allylic oxidation sites excluding steroid dienone is 2. The van der Waals surface area contributed by atoms with Gasteiger partial charge in [-0.1, -0.05) is 149 Å². The Balaban J connectivity index is 0.000000127. The largest absolute Gasteiger partial charge is 0.378 e. The van der Waals surface area contributed by atoms with Crippen molar-refractivity contribution in [3.8, 4) is 0 Å². The standard InChI is InChI=1S/2C9H16.C9H14.C8H14O.C7H12.2CH4/c3*1-2-5-9-7-3-6-8(9)4-1;1-3-7-4-2-6-9-8(7)5-1;1-2-6-4-5-7(6)3-1;;/h2*8-9H,1-7H2;1-2,8-9H,3-7H2;7-8H,1-6H2;6-7H,1-5H2;2*1H4. The monoisotopic (exact) mass is 625 g/mol. The van der Waals surface area contributed by atoms with Crippen molar-refractivity contribution in [2.75, 3.05) is 6.61 Å². The minimum absolute atomic E-state index is 0. The van der Waals surface area contributed by atoms with Crippen molar-refractivity contribution in [3.05, 3.63) is 12.2 Å².